The summed E-state index contributed by atoms with van der Waals surface area (Å²) in [6, 6.07) is 0. The van der Waals surface area contributed by atoms with Crippen LogP contribution < -0.4 is 0 Å². The van der Waals surface area contributed by atoms with Crippen LogP contribution in [-0.2, 0) is 4.79 Å². The van der Waals surface area contributed by atoms with E-state index >= 15 is 0 Å². The zero-order valence-electron chi connectivity index (χ0n) is 12.5. The van der Waals surface area contributed by atoms with Crippen molar-refractivity contribution in [1.29, 1.82) is 0 Å². The van der Waals surface area contributed by atoms with Crippen LogP contribution in [0, 0.1) is 11.8 Å². The van der Waals surface area contributed by atoms with E-state index in [4.69, 9.17) is 5.11 Å². The van der Waals surface area contributed by atoms with Crippen molar-refractivity contribution in [1.82, 2.24) is 0 Å². The number of carbonyl (C=O) groups is 1. The first-order chi connectivity index (χ1) is 9.26. The second-order valence-electron chi connectivity index (χ2n) is 4.85. The smallest absolute Gasteiger partial charge is 0.159 e. The first kappa shape index (κ1) is 22.7. The van der Waals surface area contributed by atoms with Gasteiger partial charge in [0.1, 0.15) is 6.17 Å². The molecule has 0 amide bonds. The van der Waals surface area contributed by atoms with E-state index in [9.17, 15) is 13.6 Å². The van der Waals surface area contributed by atoms with Gasteiger partial charge in [0, 0.05) is 21.5 Å². The fraction of sp³-hybridized carbons (Fsp3) is 0.929. The summed E-state index contributed by atoms with van der Waals surface area (Å²) in [5.74, 6) is -0.322. The monoisotopic (exact) mass is 422 g/mol. The molecule has 20 heavy (non-hydrogen) atoms. The minimum atomic E-state index is -1.33. The summed E-state index contributed by atoms with van der Waals surface area (Å²) in [6.45, 7) is 7.09. The van der Waals surface area contributed by atoms with Gasteiger partial charge in [-0.3, -0.25) is 0 Å². The molecule has 0 fully saturated rings. The molecule has 1 N–H and O–H groups in total. The van der Waals surface area contributed by atoms with E-state index in [1.165, 1.54) is 0 Å². The highest BCUT2D eigenvalue weighted by Gasteiger charge is 2.21. The van der Waals surface area contributed by atoms with Crippen LogP contribution in [0.25, 0.3) is 0 Å². The van der Waals surface area contributed by atoms with Gasteiger partial charge in [0.25, 0.3) is 0 Å². The fourth-order valence-corrected chi connectivity index (χ4v) is 2.08. The van der Waals surface area contributed by atoms with Crippen molar-refractivity contribution in [3.63, 3.8) is 0 Å². The number of aldehydes is 1. The lowest BCUT2D eigenvalue weighted by Crippen LogP contribution is -2.24. The molecule has 2 nitrogen and oxygen atoms in total. The Balaban J connectivity index is 0. The quantitative estimate of drug-likeness (QED) is 0.462. The number of aliphatic hydroxyl groups excluding tert-OH is 1. The van der Waals surface area contributed by atoms with Crippen molar-refractivity contribution in [3.8, 4) is 0 Å². The van der Waals surface area contributed by atoms with Crippen LogP contribution >= 0.6 is 31.9 Å². The van der Waals surface area contributed by atoms with Crippen LogP contribution in [0.2, 0.25) is 0 Å². The molecule has 0 aliphatic heterocycles. The van der Waals surface area contributed by atoms with Gasteiger partial charge in [-0.25, -0.2) is 8.78 Å². The van der Waals surface area contributed by atoms with Crippen molar-refractivity contribution >= 4 is 38.1 Å². The predicted octanol–water partition coefficient (Wildman–Crippen LogP) is 4.46. The van der Waals surface area contributed by atoms with Crippen molar-refractivity contribution in [2.45, 2.75) is 62.5 Å². The molecule has 0 aliphatic carbocycles. The van der Waals surface area contributed by atoms with Crippen LogP contribution in [0.5, 0.6) is 0 Å². The Bertz CT molecular complexity index is 235. The van der Waals surface area contributed by atoms with Gasteiger partial charge < -0.3 is 9.90 Å². The van der Waals surface area contributed by atoms with Crippen molar-refractivity contribution in [2.24, 2.45) is 11.8 Å². The normalized spacial score (nSPS) is 19.9. The summed E-state index contributed by atoms with van der Waals surface area (Å²) in [5.41, 5.74) is 0. The number of halogens is 4. The zero-order valence-corrected chi connectivity index (χ0v) is 15.7. The largest absolute Gasteiger partial charge is 0.393 e. The van der Waals surface area contributed by atoms with Crippen LogP contribution in [0.3, 0.4) is 0 Å². The second-order valence-corrected chi connectivity index (χ2v) is 7.20. The molecule has 0 heterocycles. The molecule has 122 valence electrons. The standard InChI is InChI=1S/C7H14BrFO.C7H12BrFO/c2*1-3-6(8)5(2)7(9)4-10/h5-7,10H,3-4H2,1-2H3;4-7H,3H2,1-2H3/t5-,6-,7-;5-,6+,7-/m11/s1. The topological polar surface area (TPSA) is 37.3 Å². The highest BCUT2D eigenvalue weighted by atomic mass is 79.9. The lowest BCUT2D eigenvalue weighted by atomic mass is 10.0. The van der Waals surface area contributed by atoms with E-state index in [1.54, 1.807) is 13.8 Å². The molecular formula is C14H26Br2F2O2. The average Bonchev–Trinajstić information content (AvgIpc) is 2.50. The molecule has 6 atom stereocenters. The Hall–Kier alpha value is 0.450. The zero-order chi connectivity index (χ0) is 16.3. The van der Waals surface area contributed by atoms with Gasteiger partial charge in [-0.1, -0.05) is 59.6 Å². The molecule has 0 radical (unpaired) electrons. The summed E-state index contributed by atoms with van der Waals surface area (Å²) in [7, 11) is 0. The van der Waals surface area contributed by atoms with Crippen LogP contribution in [-0.4, -0.2) is 40.0 Å². The maximum atomic E-state index is 12.7. The second kappa shape index (κ2) is 13.1. The molecule has 0 bridgehead atoms. The summed E-state index contributed by atoms with van der Waals surface area (Å²) in [6.07, 6.45) is -0.334. The molecule has 0 aromatic rings. The van der Waals surface area contributed by atoms with Crippen LogP contribution in [0.4, 0.5) is 8.78 Å². The van der Waals surface area contributed by atoms with Gasteiger partial charge in [-0.2, -0.15) is 0 Å². The number of hydrogen-bond acceptors (Lipinski definition) is 2. The molecule has 0 aromatic heterocycles. The number of carbonyl (C=O) groups excluding carboxylic acids is 1. The average molecular weight is 424 g/mol. The first-order valence-corrected chi connectivity index (χ1v) is 8.72. The third-order valence-electron chi connectivity index (χ3n) is 3.30. The minimum Gasteiger partial charge on any atom is -0.393 e. The Labute approximate surface area is 138 Å². The molecule has 0 aromatic carbocycles. The molecule has 0 saturated carbocycles. The summed E-state index contributed by atoms with van der Waals surface area (Å²) in [4.78, 5) is 10.3. The van der Waals surface area contributed by atoms with Gasteiger partial charge >= 0.3 is 0 Å². The molecule has 0 saturated heterocycles. The third kappa shape index (κ3) is 9.40. The minimum absolute atomic E-state index is 0.102. The van der Waals surface area contributed by atoms with E-state index in [2.05, 4.69) is 31.9 Å². The Kier molecular flexibility index (Phi) is 14.9. The Morgan fingerprint density at radius 1 is 1.05 bits per heavy atom. The van der Waals surface area contributed by atoms with Gasteiger partial charge in [0.15, 0.2) is 12.5 Å². The predicted molar refractivity (Wildman–Crippen MR) is 87.3 cm³/mol. The maximum absolute atomic E-state index is 12.7. The number of rotatable bonds is 8. The third-order valence-corrected chi connectivity index (χ3v) is 6.26. The van der Waals surface area contributed by atoms with Gasteiger partial charge in [-0.15, -0.1) is 0 Å². The van der Waals surface area contributed by atoms with E-state index in [1.807, 2.05) is 13.8 Å². The summed E-state index contributed by atoms with van der Waals surface area (Å²) in [5, 5.41) is 8.45. The SMILES string of the molecule is CC[C@@H](Br)[C@@H](C)[C@H](F)CO.CC[C@H](Br)[C@@H](C)[C@H](F)C=O. The molecule has 0 unspecified atom stereocenters. The number of aliphatic hydroxyl groups is 1. The lowest BCUT2D eigenvalue weighted by Gasteiger charge is -2.18. The Morgan fingerprint density at radius 3 is 1.75 bits per heavy atom. The fourth-order valence-electron chi connectivity index (χ4n) is 1.46. The van der Waals surface area contributed by atoms with Crippen molar-refractivity contribution < 1.29 is 18.7 Å². The lowest BCUT2D eigenvalue weighted by molar-refractivity contribution is -0.113. The van der Waals surface area contributed by atoms with Gasteiger partial charge in [0.2, 0.25) is 0 Å². The molecular weight excluding hydrogens is 398 g/mol. The molecule has 0 rings (SSSR count). The Morgan fingerprint density at radius 2 is 1.45 bits per heavy atom. The molecule has 0 spiro atoms. The molecule has 6 heteroatoms. The number of alkyl halides is 4. The van der Waals surface area contributed by atoms with Crippen LogP contribution in [0.1, 0.15) is 40.5 Å². The van der Waals surface area contributed by atoms with Gasteiger partial charge in [-0.05, 0) is 12.8 Å². The first-order valence-electron chi connectivity index (χ1n) is 6.89. The van der Waals surface area contributed by atoms with E-state index < -0.39 is 12.3 Å². The highest BCUT2D eigenvalue weighted by Crippen LogP contribution is 2.21. The maximum Gasteiger partial charge on any atom is 0.159 e. The van der Waals surface area contributed by atoms with E-state index in [0.717, 1.165) is 12.8 Å². The molecule has 0 aliphatic rings. The van der Waals surface area contributed by atoms with Crippen molar-refractivity contribution in [3.05, 3.63) is 0 Å². The summed E-state index contributed by atoms with van der Waals surface area (Å²) < 4.78 is 25.2. The van der Waals surface area contributed by atoms with E-state index in [-0.39, 0.29) is 28.1 Å². The highest BCUT2D eigenvalue weighted by molar-refractivity contribution is 9.09. The summed E-state index contributed by atoms with van der Waals surface area (Å²) >= 11 is 6.62. The van der Waals surface area contributed by atoms with Gasteiger partial charge in [0.05, 0.1) is 6.61 Å². The van der Waals surface area contributed by atoms with Crippen molar-refractivity contribution in [2.75, 3.05) is 6.61 Å². The van der Waals surface area contributed by atoms with Crippen LogP contribution in [0.15, 0.2) is 0 Å². The van der Waals surface area contributed by atoms with E-state index in [0.29, 0.717) is 6.29 Å². The number of hydrogen-bond donors (Lipinski definition) is 1.